The number of nitrogens with one attached hydrogen (secondary N) is 1. The Labute approximate surface area is 137 Å². The van der Waals surface area contributed by atoms with Gasteiger partial charge in [-0.25, -0.2) is 0 Å². The molecule has 0 saturated carbocycles. The van der Waals surface area contributed by atoms with Gasteiger partial charge in [0.05, 0.1) is 13.0 Å². The molecule has 0 unspecified atom stereocenters. The molecule has 4 heteroatoms. The second-order valence-corrected chi connectivity index (χ2v) is 5.22. The van der Waals surface area contributed by atoms with Crippen molar-refractivity contribution < 1.29 is 14.3 Å². The maximum Gasteiger partial charge on any atom is 0.228 e. The summed E-state index contributed by atoms with van der Waals surface area (Å²) in [7, 11) is 0. The van der Waals surface area contributed by atoms with Crippen LogP contribution >= 0.6 is 0 Å². The molecule has 0 aromatic heterocycles. The highest BCUT2D eigenvalue weighted by atomic mass is 16.5. The molecule has 122 valence electrons. The monoisotopic (exact) mass is 313 g/mol. The quantitative estimate of drug-likeness (QED) is 0.758. The van der Waals surface area contributed by atoms with E-state index in [2.05, 4.69) is 5.32 Å². The fourth-order valence-electron chi connectivity index (χ4n) is 2.21. The molecule has 0 aliphatic heterocycles. The lowest BCUT2D eigenvalue weighted by Gasteiger charge is -2.10. The molecule has 2 aromatic carbocycles. The third-order valence-corrected chi connectivity index (χ3v) is 3.43. The Morgan fingerprint density at radius 1 is 1.09 bits per heavy atom. The first-order chi connectivity index (χ1) is 11.2. The van der Waals surface area contributed by atoms with E-state index in [1.165, 1.54) is 0 Å². The fourth-order valence-corrected chi connectivity index (χ4v) is 2.21. The van der Waals surface area contributed by atoms with Crippen molar-refractivity contribution in [1.82, 2.24) is 0 Å². The predicted molar refractivity (Wildman–Crippen MR) is 91.9 cm³/mol. The third-order valence-electron chi connectivity index (χ3n) is 3.43. The Morgan fingerprint density at radius 3 is 2.70 bits per heavy atom. The van der Waals surface area contributed by atoms with Gasteiger partial charge in [0.25, 0.3) is 0 Å². The molecular weight excluding hydrogens is 290 g/mol. The number of rotatable bonds is 8. The van der Waals surface area contributed by atoms with E-state index in [9.17, 15) is 4.79 Å². The van der Waals surface area contributed by atoms with Crippen LogP contribution in [0, 0.1) is 6.92 Å². The highest BCUT2D eigenvalue weighted by Gasteiger charge is 2.06. The molecule has 0 aliphatic rings. The first-order valence-corrected chi connectivity index (χ1v) is 7.84. The summed E-state index contributed by atoms with van der Waals surface area (Å²) in [5.74, 6) is 0.684. The number of ether oxygens (including phenoxy) is 2. The number of anilines is 1. The Hall–Kier alpha value is -2.33. The zero-order valence-electron chi connectivity index (χ0n) is 13.7. The van der Waals surface area contributed by atoms with Crippen molar-refractivity contribution in [3.8, 4) is 5.75 Å². The van der Waals surface area contributed by atoms with Crippen molar-refractivity contribution in [1.29, 1.82) is 0 Å². The van der Waals surface area contributed by atoms with Gasteiger partial charge in [-0.05, 0) is 37.1 Å². The van der Waals surface area contributed by atoms with E-state index >= 15 is 0 Å². The number of amides is 1. The minimum absolute atomic E-state index is 0.0363. The average molecular weight is 313 g/mol. The Bertz CT molecular complexity index is 640. The van der Waals surface area contributed by atoms with Gasteiger partial charge < -0.3 is 14.8 Å². The Kier molecular flexibility index (Phi) is 6.63. The minimum atomic E-state index is -0.0363. The first kappa shape index (κ1) is 17.0. The topological polar surface area (TPSA) is 47.6 Å². The van der Waals surface area contributed by atoms with E-state index in [1.807, 2.05) is 62.4 Å². The summed E-state index contributed by atoms with van der Waals surface area (Å²) in [5, 5.41) is 2.91. The number of hydrogen-bond donors (Lipinski definition) is 1. The van der Waals surface area contributed by atoms with Crippen LogP contribution in [0.25, 0.3) is 0 Å². The lowest BCUT2D eigenvalue weighted by atomic mass is 10.1. The maximum absolute atomic E-state index is 12.2. The van der Waals surface area contributed by atoms with Crippen LogP contribution in [0.15, 0.2) is 48.5 Å². The van der Waals surface area contributed by atoms with Crippen molar-refractivity contribution in [2.75, 3.05) is 25.1 Å². The number of aryl methyl sites for hydroxylation is 1. The van der Waals surface area contributed by atoms with E-state index in [4.69, 9.17) is 9.47 Å². The van der Waals surface area contributed by atoms with Gasteiger partial charge in [0, 0.05) is 18.4 Å². The minimum Gasteiger partial charge on any atom is -0.491 e. The van der Waals surface area contributed by atoms with Gasteiger partial charge in [-0.2, -0.15) is 0 Å². The zero-order valence-corrected chi connectivity index (χ0v) is 13.7. The summed E-state index contributed by atoms with van der Waals surface area (Å²) in [6.45, 7) is 5.69. The standard InChI is InChI=1S/C19H23NO3/c1-3-22-11-12-23-18-10-6-9-17(14-18)20-19(21)13-16-8-5-4-7-15(16)2/h4-10,14H,3,11-13H2,1-2H3,(H,20,21). The van der Waals surface area contributed by atoms with Crippen LogP contribution in [0.2, 0.25) is 0 Å². The second kappa shape index (κ2) is 8.96. The molecule has 1 amide bonds. The van der Waals surface area contributed by atoms with Gasteiger partial charge in [0.2, 0.25) is 5.91 Å². The first-order valence-electron chi connectivity index (χ1n) is 7.84. The molecular formula is C19H23NO3. The molecule has 0 saturated heterocycles. The highest BCUT2D eigenvalue weighted by molar-refractivity contribution is 5.92. The van der Waals surface area contributed by atoms with E-state index in [0.29, 0.717) is 26.2 Å². The summed E-state index contributed by atoms with van der Waals surface area (Å²) in [4.78, 5) is 12.2. The van der Waals surface area contributed by atoms with Gasteiger partial charge in [-0.1, -0.05) is 30.3 Å². The molecule has 2 aromatic rings. The highest BCUT2D eigenvalue weighted by Crippen LogP contribution is 2.18. The van der Waals surface area contributed by atoms with Gasteiger partial charge in [-0.3, -0.25) is 4.79 Å². The van der Waals surface area contributed by atoms with Crippen LogP contribution < -0.4 is 10.1 Å². The normalized spacial score (nSPS) is 10.3. The summed E-state index contributed by atoms with van der Waals surface area (Å²) < 4.78 is 10.8. The van der Waals surface area contributed by atoms with Gasteiger partial charge in [0.1, 0.15) is 12.4 Å². The van der Waals surface area contributed by atoms with Gasteiger partial charge in [0.15, 0.2) is 0 Å². The summed E-state index contributed by atoms with van der Waals surface area (Å²) in [5.41, 5.74) is 2.89. The molecule has 2 rings (SSSR count). The molecule has 1 N–H and O–H groups in total. The molecule has 0 atom stereocenters. The van der Waals surface area contributed by atoms with E-state index in [-0.39, 0.29) is 5.91 Å². The molecule has 0 heterocycles. The Morgan fingerprint density at radius 2 is 1.91 bits per heavy atom. The molecule has 0 bridgehead atoms. The molecule has 0 radical (unpaired) electrons. The lowest BCUT2D eigenvalue weighted by Crippen LogP contribution is -2.15. The van der Waals surface area contributed by atoms with Crippen LogP contribution in [0.3, 0.4) is 0 Å². The number of hydrogen-bond acceptors (Lipinski definition) is 3. The third kappa shape index (κ3) is 5.75. The van der Waals surface area contributed by atoms with Crippen molar-refractivity contribution in [2.24, 2.45) is 0 Å². The number of benzene rings is 2. The van der Waals surface area contributed by atoms with Crippen LogP contribution in [0.5, 0.6) is 5.75 Å². The summed E-state index contributed by atoms with van der Waals surface area (Å²) >= 11 is 0. The SMILES string of the molecule is CCOCCOc1cccc(NC(=O)Cc2ccccc2C)c1. The summed E-state index contributed by atoms with van der Waals surface area (Å²) in [6, 6.07) is 15.3. The van der Waals surface area contributed by atoms with E-state index in [1.54, 1.807) is 0 Å². The van der Waals surface area contributed by atoms with Gasteiger partial charge in [-0.15, -0.1) is 0 Å². The molecule has 23 heavy (non-hydrogen) atoms. The molecule has 4 nitrogen and oxygen atoms in total. The van der Waals surface area contributed by atoms with Crippen molar-refractivity contribution in [3.63, 3.8) is 0 Å². The molecule has 0 aliphatic carbocycles. The van der Waals surface area contributed by atoms with Crippen LogP contribution in [0.4, 0.5) is 5.69 Å². The maximum atomic E-state index is 12.2. The van der Waals surface area contributed by atoms with E-state index in [0.717, 1.165) is 22.6 Å². The Balaban J connectivity index is 1.89. The predicted octanol–water partition coefficient (Wildman–Crippen LogP) is 3.59. The van der Waals surface area contributed by atoms with Gasteiger partial charge >= 0.3 is 0 Å². The average Bonchev–Trinajstić information content (AvgIpc) is 2.54. The zero-order chi connectivity index (χ0) is 16.5. The molecule has 0 spiro atoms. The summed E-state index contributed by atoms with van der Waals surface area (Å²) in [6.07, 6.45) is 0.363. The van der Waals surface area contributed by atoms with Crippen LogP contribution in [-0.4, -0.2) is 25.7 Å². The van der Waals surface area contributed by atoms with Crippen molar-refractivity contribution in [3.05, 3.63) is 59.7 Å². The smallest absolute Gasteiger partial charge is 0.228 e. The van der Waals surface area contributed by atoms with Crippen LogP contribution in [0.1, 0.15) is 18.1 Å². The van der Waals surface area contributed by atoms with Crippen molar-refractivity contribution in [2.45, 2.75) is 20.3 Å². The fraction of sp³-hybridized carbons (Fsp3) is 0.316. The largest absolute Gasteiger partial charge is 0.491 e. The van der Waals surface area contributed by atoms with Crippen molar-refractivity contribution >= 4 is 11.6 Å². The van der Waals surface area contributed by atoms with E-state index < -0.39 is 0 Å². The van der Waals surface area contributed by atoms with Crippen LogP contribution in [-0.2, 0) is 16.0 Å². The number of carbonyl (C=O) groups excluding carboxylic acids is 1. The second-order valence-electron chi connectivity index (χ2n) is 5.22. The lowest BCUT2D eigenvalue weighted by molar-refractivity contribution is -0.115. The number of carbonyl (C=O) groups is 1. The molecule has 0 fully saturated rings.